The molecule has 0 spiro atoms. The van der Waals surface area contributed by atoms with Gasteiger partial charge in [-0.3, -0.25) is 9.59 Å². The van der Waals surface area contributed by atoms with Gasteiger partial charge in [0.2, 0.25) is 0 Å². The van der Waals surface area contributed by atoms with E-state index in [1.54, 1.807) is 18.2 Å². The Hall–Kier alpha value is -3.16. The van der Waals surface area contributed by atoms with Crippen LogP contribution >= 0.6 is 0 Å². The molecule has 6 nitrogen and oxygen atoms in total. The molecule has 0 aliphatic rings. The summed E-state index contributed by atoms with van der Waals surface area (Å²) in [6.07, 6.45) is -0.722. The van der Waals surface area contributed by atoms with Gasteiger partial charge in [-0.25, -0.2) is 8.78 Å². The van der Waals surface area contributed by atoms with Gasteiger partial charge in [-0.05, 0) is 43.2 Å². The van der Waals surface area contributed by atoms with Crippen molar-refractivity contribution in [3.05, 3.63) is 53.6 Å². The lowest BCUT2D eigenvalue weighted by atomic mass is 10.1. The van der Waals surface area contributed by atoms with Gasteiger partial charge in [0, 0.05) is 12.5 Å². The summed E-state index contributed by atoms with van der Waals surface area (Å²) in [5, 5.41) is 2.26. The summed E-state index contributed by atoms with van der Waals surface area (Å²) in [5.74, 6) is -1.86. The van der Waals surface area contributed by atoms with E-state index < -0.39 is 29.6 Å². The minimum absolute atomic E-state index is 0.0397. The minimum atomic E-state index is -1.14. The van der Waals surface area contributed by atoms with Crippen LogP contribution in [0.4, 0.5) is 14.5 Å². The van der Waals surface area contributed by atoms with Crippen LogP contribution < -0.4 is 14.8 Å². The van der Waals surface area contributed by atoms with Crippen molar-refractivity contribution in [3.63, 3.8) is 0 Å². The highest BCUT2D eigenvalue weighted by atomic mass is 19.1. The number of esters is 1. The van der Waals surface area contributed by atoms with Gasteiger partial charge in [-0.2, -0.15) is 0 Å². The zero-order valence-electron chi connectivity index (χ0n) is 15.8. The summed E-state index contributed by atoms with van der Waals surface area (Å²) in [7, 11) is 3.04. The number of methoxy groups -OCH3 is 2. The van der Waals surface area contributed by atoms with Crippen molar-refractivity contribution in [2.24, 2.45) is 0 Å². The highest BCUT2D eigenvalue weighted by molar-refractivity contribution is 5.95. The van der Waals surface area contributed by atoms with Crippen molar-refractivity contribution in [2.45, 2.75) is 25.9 Å². The summed E-state index contributed by atoms with van der Waals surface area (Å²) in [6, 6.07) is 8.02. The van der Waals surface area contributed by atoms with Gasteiger partial charge in [-0.1, -0.05) is 6.07 Å². The number of benzene rings is 2. The van der Waals surface area contributed by atoms with Crippen LogP contribution in [-0.2, 0) is 20.7 Å². The van der Waals surface area contributed by atoms with Crippen molar-refractivity contribution in [1.82, 2.24) is 0 Å². The lowest BCUT2D eigenvalue weighted by Gasteiger charge is -2.14. The number of aryl methyl sites for hydroxylation is 1. The van der Waals surface area contributed by atoms with Crippen LogP contribution in [0.25, 0.3) is 0 Å². The maximum absolute atomic E-state index is 13.6. The molecule has 0 radical (unpaired) electrons. The van der Waals surface area contributed by atoms with E-state index in [1.807, 2.05) is 0 Å². The Balaban J connectivity index is 1.87. The molecule has 0 aliphatic heterocycles. The van der Waals surface area contributed by atoms with E-state index >= 15 is 0 Å². The average molecular weight is 393 g/mol. The number of anilines is 1. The number of hydrogen-bond acceptors (Lipinski definition) is 5. The second-order valence-corrected chi connectivity index (χ2v) is 5.93. The van der Waals surface area contributed by atoms with Crippen molar-refractivity contribution >= 4 is 17.6 Å². The molecule has 28 heavy (non-hydrogen) atoms. The SMILES string of the molecule is COc1ccc(CCC(=O)O[C@H](C)C(=O)Nc2ccc(F)cc2F)cc1OC. The Morgan fingerprint density at radius 2 is 1.75 bits per heavy atom. The fourth-order valence-electron chi connectivity index (χ4n) is 2.42. The van der Waals surface area contributed by atoms with Crippen LogP contribution in [0.2, 0.25) is 0 Å². The third-order valence-corrected chi connectivity index (χ3v) is 3.93. The molecule has 1 N–H and O–H groups in total. The van der Waals surface area contributed by atoms with Crippen LogP contribution in [0, 0.1) is 11.6 Å². The highest BCUT2D eigenvalue weighted by Gasteiger charge is 2.19. The number of ether oxygens (including phenoxy) is 3. The molecule has 150 valence electrons. The summed E-state index contributed by atoms with van der Waals surface area (Å²) in [5.41, 5.74) is 0.639. The van der Waals surface area contributed by atoms with Crippen molar-refractivity contribution in [1.29, 1.82) is 0 Å². The molecule has 0 aliphatic carbocycles. The fourth-order valence-corrected chi connectivity index (χ4v) is 2.42. The zero-order valence-corrected chi connectivity index (χ0v) is 15.8. The van der Waals surface area contributed by atoms with Gasteiger partial charge in [-0.15, -0.1) is 0 Å². The summed E-state index contributed by atoms with van der Waals surface area (Å²) >= 11 is 0. The molecular formula is C20H21F2NO5. The molecule has 1 atom stereocenters. The molecule has 0 unspecified atom stereocenters. The highest BCUT2D eigenvalue weighted by Crippen LogP contribution is 2.28. The Kier molecular flexibility index (Phi) is 7.31. The fraction of sp³-hybridized carbons (Fsp3) is 0.300. The number of hydrogen-bond donors (Lipinski definition) is 1. The van der Waals surface area contributed by atoms with Gasteiger partial charge in [0.1, 0.15) is 11.6 Å². The maximum Gasteiger partial charge on any atom is 0.306 e. The number of nitrogens with one attached hydrogen (secondary N) is 1. The third kappa shape index (κ3) is 5.67. The topological polar surface area (TPSA) is 73.9 Å². The summed E-state index contributed by atoms with van der Waals surface area (Å²) < 4.78 is 41.9. The number of halogens is 2. The largest absolute Gasteiger partial charge is 0.493 e. The molecule has 0 fully saturated rings. The van der Waals surface area contributed by atoms with Crippen molar-refractivity contribution in [2.75, 3.05) is 19.5 Å². The van der Waals surface area contributed by atoms with Gasteiger partial charge in [0.15, 0.2) is 17.6 Å². The van der Waals surface area contributed by atoms with Gasteiger partial charge in [0.05, 0.1) is 19.9 Å². The number of amides is 1. The Bertz CT molecular complexity index is 856. The molecule has 0 heterocycles. The molecule has 1 amide bonds. The predicted octanol–water partition coefficient (Wildman–Crippen LogP) is 3.49. The molecule has 0 bridgehead atoms. The molecule has 2 aromatic carbocycles. The Labute approximate surface area is 161 Å². The zero-order chi connectivity index (χ0) is 20.7. The first kappa shape index (κ1) is 21.1. The lowest BCUT2D eigenvalue weighted by molar-refractivity contribution is -0.153. The van der Waals surface area contributed by atoms with Crippen molar-refractivity contribution in [3.8, 4) is 11.5 Å². The summed E-state index contributed by atoms with van der Waals surface area (Å²) in [4.78, 5) is 24.0. The normalized spacial score (nSPS) is 11.5. The van der Waals surface area contributed by atoms with E-state index in [1.165, 1.54) is 21.1 Å². The van der Waals surface area contributed by atoms with Crippen LogP contribution in [0.1, 0.15) is 18.9 Å². The Morgan fingerprint density at radius 1 is 1.04 bits per heavy atom. The predicted molar refractivity (Wildman–Crippen MR) is 98.4 cm³/mol. The maximum atomic E-state index is 13.6. The van der Waals surface area contributed by atoms with Crippen LogP contribution in [0.5, 0.6) is 11.5 Å². The third-order valence-electron chi connectivity index (χ3n) is 3.93. The van der Waals surface area contributed by atoms with Gasteiger partial charge in [0.25, 0.3) is 5.91 Å². The van der Waals surface area contributed by atoms with Crippen LogP contribution in [0.15, 0.2) is 36.4 Å². The monoisotopic (exact) mass is 393 g/mol. The second-order valence-electron chi connectivity index (χ2n) is 5.93. The van der Waals surface area contributed by atoms with Crippen molar-refractivity contribution < 1.29 is 32.6 Å². The summed E-state index contributed by atoms with van der Waals surface area (Å²) in [6.45, 7) is 1.37. The van der Waals surface area contributed by atoms with Crippen LogP contribution in [0.3, 0.4) is 0 Å². The smallest absolute Gasteiger partial charge is 0.306 e. The van der Waals surface area contributed by atoms with E-state index in [2.05, 4.69) is 5.32 Å². The van der Waals surface area contributed by atoms with Gasteiger partial charge >= 0.3 is 5.97 Å². The van der Waals surface area contributed by atoms with E-state index in [-0.39, 0.29) is 12.1 Å². The second kappa shape index (κ2) is 9.68. The number of rotatable bonds is 8. The standard InChI is InChI=1S/C20H21F2NO5/c1-12(20(25)23-16-7-6-14(21)11-15(16)22)28-19(24)9-5-13-4-8-17(26-2)18(10-13)27-3/h4,6-8,10-12H,5,9H2,1-3H3,(H,23,25)/t12-/m1/s1. The molecule has 2 rings (SSSR count). The van der Waals surface area contributed by atoms with E-state index in [0.29, 0.717) is 24.0 Å². The lowest BCUT2D eigenvalue weighted by Crippen LogP contribution is -2.30. The van der Waals surface area contributed by atoms with E-state index in [4.69, 9.17) is 14.2 Å². The number of carbonyl (C=O) groups excluding carboxylic acids is 2. The molecule has 0 saturated carbocycles. The molecular weight excluding hydrogens is 372 g/mol. The van der Waals surface area contributed by atoms with Crippen LogP contribution in [-0.4, -0.2) is 32.2 Å². The minimum Gasteiger partial charge on any atom is -0.493 e. The van der Waals surface area contributed by atoms with E-state index in [0.717, 1.165) is 17.7 Å². The van der Waals surface area contributed by atoms with E-state index in [9.17, 15) is 18.4 Å². The number of carbonyl (C=O) groups is 2. The molecule has 0 saturated heterocycles. The first-order valence-corrected chi connectivity index (χ1v) is 8.50. The molecule has 8 heteroatoms. The first-order chi connectivity index (χ1) is 13.3. The quantitative estimate of drug-likeness (QED) is 0.695. The first-order valence-electron chi connectivity index (χ1n) is 8.50. The molecule has 0 aromatic heterocycles. The van der Waals surface area contributed by atoms with Gasteiger partial charge < -0.3 is 19.5 Å². The average Bonchev–Trinajstić information content (AvgIpc) is 2.68. The molecule has 2 aromatic rings. The Morgan fingerprint density at radius 3 is 2.39 bits per heavy atom.